The topological polar surface area (TPSA) is 73.4 Å². The molecule has 0 aliphatic carbocycles. The fraction of sp³-hybridized carbons (Fsp3) is 0.281. The van der Waals surface area contributed by atoms with E-state index in [4.69, 9.17) is 9.15 Å². The van der Waals surface area contributed by atoms with E-state index in [2.05, 4.69) is 40.5 Å². The van der Waals surface area contributed by atoms with Crippen LogP contribution in [0.1, 0.15) is 39.7 Å². The summed E-state index contributed by atoms with van der Waals surface area (Å²) in [5, 5.41) is 5.76. The summed E-state index contributed by atoms with van der Waals surface area (Å²) in [5.74, 6) is 0.804. The summed E-state index contributed by atoms with van der Waals surface area (Å²) in [4.78, 5) is 18.8. The van der Waals surface area contributed by atoms with Crippen LogP contribution in [0.25, 0.3) is 44.5 Å². The van der Waals surface area contributed by atoms with Gasteiger partial charge in [0.1, 0.15) is 16.9 Å². The number of amides is 1. The summed E-state index contributed by atoms with van der Waals surface area (Å²) < 4.78 is 13.9. The van der Waals surface area contributed by atoms with Gasteiger partial charge in [0.05, 0.1) is 12.2 Å². The van der Waals surface area contributed by atoms with Gasteiger partial charge in [0.2, 0.25) is 0 Å². The van der Waals surface area contributed by atoms with Crippen LogP contribution < -0.4 is 0 Å². The third-order valence-electron chi connectivity index (χ3n) is 7.08. The number of nitrogens with zero attached hydrogens (tertiary/aromatic N) is 4. The Kier molecular flexibility index (Phi) is 6.43. The molecule has 1 saturated heterocycles. The standard InChI is InChI=1S/C32H32N4O3/c1-32(2,3)39-31(37)35-15-13-26(14-16-35)36-21-25(20-34-36)23-17-24(19-33-18-23)30-29(22-9-5-4-6-10-22)27-11-7-8-12-28(27)38-30/h4-12,17-21,26H,13-16H2,1-3H3. The molecule has 0 saturated carbocycles. The Morgan fingerprint density at radius 3 is 2.38 bits per heavy atom. The summed E-state index contributed by atoms with van der Waals surface area (Å²) in [5.41, 5.74) is 5.42. The first-order valence-electron chi connectivity index (χ1n) is 13.4. The monoisotopic (exact) mass is 520 g/mol. The van der Waals surface area contributed by atoms with Gasteiger partial charge >= 0.3 is 6.09 Å². The van der Waals surface area contributed by atoms with Gasteiger partial charge in [-0.2, -0.15) is 5.10 Å². The van der Waals surface area contributed by atoms with Crippen LogP contribution in [-0.2, 0) is 4.74 Å². The largest absolute Gasteiger partial charge is 0.455 e. The maximum absolute atomic E-state index is 12.4. The van der Waals surface area contributed by atoms with Gasteiger partial charge in [-0.05, 0) is 51.3 Å². The Labute approximate surface area is 228 Å². The van der Waals surface area contributed by atoms with Crippen LogP contribution >= 0.6 is 0 Å². The first kappa shape index (κ1) is 24.9. The zero-order valence-electron chi connectivity index (χ0n) is 22.5. The Morgan fingerprint density at radius 2 is 1.62 bits per heavy atom. The van der Waals surface area contributed by atoms with Crippen molar-refractivity contribution in [2.45, 2.75) is 45.3 Å². The van der Waals surface area contributed by atoms with Crippen molar-refractivity contribution in [2.24, 2.45) is 0 Å². The average Bonchev–Trinajstić information content (AvgIpc) is 3.59. The highest BCUT2D eigenvalue weighted by Gasteiger charge is 2.28. The van der Waals surface area contributed by atoms with Crippen molar-refractivity contribution >= 4 is 17.1 Å². The molecule has 5 aromatic rings. The number of ether oxygens (including phenoxy) is 1. The van der Waals surface area contributed by atoms with Crippen LogP contribution in [0.3, 0.4) is 0 Å². The number of hydrogen-bond acceptors (Lipinski definition) is 5. The molecule has 3 aromatic heterocycles. The van der Waals surface area contributed by atoms with E-state index in [1.54, 1.807) is 4.90 Å². The first-order valence-corrected chi connectivity index (χ1v) is 13.4. The molecule has 0 spiro atoms. The molecule has 39 heavy (non-hydrogen) atoms. The normalized spacial score (nSPS) is 14.6. The van der Waals surface area contributed by atoms with Crippen molar-refractivity contribution in [3.8, 4) is 33.6 Å². The molecule has 1 aliphatic rings. The molecule has 2 aromatic carbocycles. The van der Waals surface area contributed by atoms with Gasteiger partial charge in [0.15, 0.2) is 0 Å². The number of rotatable bonds is 4. The summed E-state index contributed by atoms with van der Waals surface area (Å²) in [7, 11) is 0. The molecule has 4 heterocycles. The molecule has 0 N–H and O–H groups in total. The highest BCUT2D eigenvalue weighted by molar-refractivity contribution is 6.01. The molecule has 7 nitrogen and oxygen atoms in total. The van der Waals surface area contributed by atoms with Crippen LogP contribution in [0.5, 0.6) is 0 Å². The van der Waals surface area contributed by atoms with Crippen LogP contribution in [0.2, 0.25) is 0 Å². The van der Waals surface area contributed by atoms with E-state index < -0.39 is 5.60 Å². The van der Waals surface area contributed by atoms with Crippen molar-refractivity contribution in [1.82, 2.24) is 19.7 Å². The van der Waals surface area contributed by atoms with Crippen molar-refractivity contribution in [3.63, 3.8) is 0 Å². The van der Waals surface area contributed by atoms with Crippen LogP contribution in [0.15, 0.2) is 89.9 Å². The molecule has 1 fully saturated rings. The summed E-state index contributed by atoms with van der Waals surface area (Å²) in [6, 6.07) is 20.8. The van der Waals surface area contributed by atoms with E-state index in [-0.39, 0.29) is 12.1 Å². The van der Waals surface area contributed by atoms with Crippen molar-refractivity contribution < 1.29 is 13.9 Å². The summed E-state index contributed by atoms with van der Waals surface area (Å²) in [6.07, 6.45) is 9.09. The number of para-hydroxylation sites is 1. The molecule has 0 radical (unpaired) electrons. The van der Waals surface area contributed by atoms with E-state index in [1.165, 1.54) is 0 Å². The van der Waals surface area contributed by atoms with E-state index in [0.29, 0.717) is 13.1 Å². The third kappa shape index (κ3) is 5.17. The molecule has 198 valence electrons. The van der Waals surface area contributed by atoms with E-state index >= 15 is 0 Å². The van der Waals surface area contributed by atoms with Crippen molar-refractivity contribution in [1.29, 1.82) is 0 Å². The lowest BCUT2D eigenvalue weighted by Gasteiger charge is -2.33. The number of carbonyl (C=O) groups excluding carboxylic acids is 1. The van der Waals surface area contributed by atoms with E-state index in [0.717, 1.165) is 57.4 Å². The number of likely N-dealkylation sites (tertiary alicyclic amines) is 1. The quantitative estimate of drug-likeness (QED) is 0.244. The lowest BCUT2D eigenvalue weighted by atomic mass is 9.98. The van der Waals surface area contributed by atoms with Crippen LogP contribution in [-0.4, -0.2) is 44.4 Å². The summed E-state index contributed by atoms with van der Waals surface area (Å²) in [6.45, 7) is 6.98. The SMILES string of the molecule is CC(C)(C)OC(=O)N1CCC(n2cc(-c3cncc(-c4oc5ccccc5c4-c4ccccc4)c3)cn2)CC1. The molecule has 6 rings (SSSR count). The number of aromatic nitrogens is 3. The second-order valence-corrected chi connectivity index (χ2v) is 11.0. The number of hydrogen-bond donors (Lipinski definition) is 0. The molecule has 0 bridgehead atoms. The fourth-order valence-electron chi connectivity index (χ4n) is 5.19. The second-order valence-electron chi connectivity index (χ2n) is 11.0. The predicted molar refractivity (Wildman–Crippen MR) is 152 cm³/mol. The molecule has 0 unspecified atom stereocenters. The Morgan fingerprint density at radius 1 is 0.897 bits per heavy atom. The lowest BCUT2D eigenvalue weighted by Crippen LogP contribution is -2.42. The fourth-order valence-corrected chi connectivity index (χ4v) is 5.19. The van der Waals surface area contributed by atoms with Gasteiger partial charge in [-0.3, -0.25) is 9.67 Å². The van der Waals surface area contributed by atoms with Gasteiger partial charge in [0.25, 0.3) is 0 Å². The van der Waals surface area contributed by atoms with Gasteiger partial charge in [-0.1, -0.05) is 48.5 Å². The molecule has 1 aliphatic heterocycles. The highest BCUT2D eigenvalue weighted by atomic mass is 16.6. The van der Waals surface area contributed by atoms with Gasteiger partial charge in [-0.15, -0.1) is 0 Å². The minimum Gasteiger partial charge on any atom is -0.455 e. The second kappa shape index (κ2) is 10.1. The first-order chi connectivity index (χ1) is 18.9. The Hall–Kier alpha value is -4.39. The van der Waals surface area contributed by atoms with Crippen LogP contribution in [0, 0.1) is 0 Å². The number of carbonyl (C=O) groups is 1. The predicted octanol–water partition coefficient (Wildman–Crippen LogP) is 7.60. The zero-order chi connectivity index (χ0) is 27.0. The van der Waals surface area contributed by atoms with Crippen molar-refractivity contribution in [2.75, 3.05) is 13.1 Å². The number of fused-ring (bicyclic) bond motifs is 1. The Bertz CT molecular complexity index is 1610. The number of benzene rings is 2. The summed E-state index contributed by atoms with van der Waals surface area (Å²) >= 11 is 0. The number of furan rings is 1. The maximum Gasteiger partial charge on any atom is 0.410 e. The van der Waals surface area contributed by atoms with Gasteiger partial charge < -0.3 is 14.1 Å². The number of piperidine rings is 1. The molecular formula is C32H32N4O3. The molecule has 1 amide bonds. The molecule has 0 atom stereocenters. The van der Waals surface area contributed by atoms with Crippen molar-refractivity contribution in [3.05, 3.63) is 85.5 Å². The van der Waals surface area contributed by atoms with Gasteiger partial charge in [-0.25, -0.2) is 4.79 Å². The highest BCUT2D eigenvalue weighted by Crippen LogP contribution is 2.41. The maximum atomic E-state index is 12.4. The minimum absolute atomic E-state index is 0.230. The lowest BCUT2D eigenvalue weighted by molar-refractivity contribution is 0.0185. The number of pyridine rings is 1. The Balaban J connectivity index is 1.25. The molecule has 7 heteroatoms. The zero-order valence-corrected chi connectivity index (χ0v) is 22.5. The average molecular weight is 521 g/mol. The smallest absolute Gasteiger partial charge is 0.410 e. The van der Waals surface area contributed by atoms with E-state index in [1.807, 2.05) is 80.4 Å². The van der Waals surface area contributed by atoms with Crippen LogP contribution in [0.4, 0.5) is 4.79 Å². The van der Waals surface area contributed by atoms with Gasteiger partial charge in [0, 0.05) is 59.3 Å². The minimum atomic E-state index is -0.488. The van der Waals surface area contributed by atoms with E-state index in [9.17, 15) is 4.79 Å². The third-order valence-corrected chi connectivity index (χ3v) is 7.08. The molecular weight excluding hydrogens is 488 g/mol.